The molecule has 2 aliphatic rings. The number of nitrogens with two attached hydrogens (primary N) is 1. The van der Waals surface area contributed by atoms with Gasteiger partial charge in [0.05, 0.1) is 6.61 Å². The van der Waals surface area contributed by atoms with E-state index in [-0.39, 0.29) is 5.95 Å². The van der Waals surface area contributed by atoms with E-state index >= 15 is 0 Å². The third-order valence-corrected chi connectivity index (χ3v) is 4.74. The maximum Gasteiger partial charge on any atom is 0.490 e. The summed E-state index contributed by atoms with van der Waals surface area (Å²) in [6.07, 6.45) is -9.22. The number of nitrogens with one attached hydrogen (secondary N) is 2. The van der Waals surface area contributed by atoms with E-state index in [0.29, 0.717) is 24.6 Å². The summed E-state index contributed by atoms with van der Waals surface area (Å²) in [5.74, 6) is -2.45. The number of halogens is 6. The van der Waals surface area contributed by atoms with E-state index in [4.69, 9.17) is 30.3 Å². The second-order valence-electron chi connectivity index (χ2n) is 7.71. The molecule has 0 aromatic carbocycles. The summed E-state index contributed by atoms with van der Waals surface area (Å²) < 4.78 is 69.4. The fraction of sp³-hybridized carbons (Fsp3) is 0.667. The molecule has 17 heteroatoms. The van der Waals surface area contributed by atoms with Crippen molar-refractivity contribution in [3.63, 3.8) is 0 Å². The molecule has 1 aromatic rings. The van der Waals surface area contributed by atoms with Crippen LogP contribution in [-0.2, 0) is 9.59 Å². The number of hydrogen-bond donors (Lipinski definition) is 5. The number of rotatable bonds is 3. The van der Waals surface area contributed by atoms with Crippen molar-refractivity contribution < 1.29 is 50.9 Å². The standard InChI is InChI=1S/C14H24N6O.2C2HF3O2/c1-8(2)10-4-5-21-11-12(17-10)18-14(15)19-13(11)20-6-9(7-20)16-3;2*3-2(4,5)1(6)7/h8-10,16H,4-7H2,1-3H3,(H3,15,17,18,19);2*(H,6,7)/t10-;;/m0../s1. The van der Waals surface area contributed by atoms with E-state index < -0.39 is 24.3 Å². The maximum absolute atomic E-state index is 10.6. The van der Waals surface area contributed by atoms with Gasteiger partial charge in [-0.25, -0.2) is 9.59 Å². The first-order valence-electron chi connectivity index (χ1n) is 10.1. The Bertz CT molecular complexity index is 853. The molecule has 0 bridgehead atoms. The Morgan fingerprint density at radius 2 is 1.60 bits per heavy atom. The zero-order valence-corrected chi connectivity index (χ0v) is 18.9. The first-order valence-corrected chi connectivity index (χ1v) is 10.1. The van der Waals surface area contributed by atoms with Crippen LogP contribution in [-0.4, -0.2) is 83.3 Å². The Morgan fingerprint density at radius 3 is 2.00 bits per heavy atom. The van der Waals surface area contributed by atoms with Crippen LogP contribution in [0.25, 0.3) is 0 Å². The molecule has 35 heavy (non-hydrogen) atoms. The van der Waals surface area contributed by atoms with Crippen molar-refractivity contribution in [2.24, 2.45) is 5.92 Å². The van der Waals surface area contributed by atoms with Gasteiger partial charge in [-0.3, -0.25) is 0 Å². The molecule has 0 amide bonds. The van der Waals surface area contributed by atoms with Gasteiger partial charge in [-0.15, -0.1) is 0 Å². The highest BCUT2D eigenvalue weighted by atomic mass is 19.4. The number of hydrogen-bond acceptors (Lipinski definition) is 9. The number of aliphatic carboxylic acids is 2. The Morgan fingerprint density at radius 1 is 1.11 bits per heavy atom. The summed E-state index contributed by atoms with van der Waals surface area (Å²) in [6.45, 7) is 6.89. The van der Waals surface area contributed by atoms with Crippen molar-refractivity contribution in [2.75, 3.05) is 42.7 Å². The van der Waals surface area contributed by atoms with Gasteiger partial charge in [-0.1, -0.05) is 13.8 Å². The van der Waals surface area contributed by atoms with E-state index in [0.717, 1.165) is 36.9 Å². The zero-order chi connectivity index (χ0) is 27.1. The van der Waals surface area contributed by atoms with Crippen molar-refractivity contribution in [3.8, 4) is 5.75 Å². The highest BCUT2D eigenvalue weighted by molar-refractivity contribution is 5.73. The van der Waals surface area contributed by atoms with Gasteiger partial charge in [0, 0.05) is 31.6 Å². The van der Waals surface area contributed by atoms with E-state index in [1.54, 1.807) is 0 Å². The van der Waals surface area contributed by atoms with Gasteiger partial charge >= 0.3 is 24.3 Å². The molecule has 2 aliphatic heterocycles. The normalized spacial score (nSPS) is 17.8. The zero-order valence-electron chi connectivity index (χ0n) is 18.9. The van der Waals surface area contributed by atoms with Crippen LogP contribution in [0.3, 0.4) is 0 Å². The molecule has 0 radical (unpaired) electrons. The van der Waals surface area contributed by atoms with Crippen molar-refractivity contribution in [1.29, 1.82) is 0 Å². The van der Waals surface area contributed by atoms with E-state index in [9.17, 15) is 26.3 Å². The second kappa shape index (κ2) is 11.9. The minimum Gasteiger partial charge on any atom is -0.486 e. The van der Waals surface area contributed by atoms with Gasteiger partial charge in [-0.05, 0) is 13.0 Å². The van der Waals surface area contributed by atoms with Crippen LogP contribution in [0.1, 0.15) is 20.3 Å². The lowest BCUT2D eigenvalue weighted by molar-refractivity contribution is -0.193. The molecule has 0 spiro atoms. The molecule has 1 aromatic heterocycles. The SMILES string of the molecule is CNC1CN(c2nc(N)nc3c2OCC[C@@H](C(C)C)N3)C1.O=C(O)C(F)(F)F.O=C(O)C(F)(F)F. The largest absolute Gasteiger partial charge is 0.490 e. The molecule has 1 saturated heterocycles. The first-order chi connectivity index (χ1) is 16.0. The van der Waals surface area contributed by atoms with Crippen LogP contribution in [0, 0.1) is 5.92 Å². The maximum atomic E-state index is 10.6. The lowest BCUT2D eigenvalue weighted by Gasteiger charge is -2.40. The highest BCUT2D eigenvalue weighted by Crippen LogP contribution is 2.38. The second-order valence-corrected chi connectivity index (χ2v) is 7.71. The topological polar surface area (TPSA) is 163 Å². The molecule has 0 aliphatic carbocycles. The minimum absolute atomic E-state index is 0.289. The van der Waals surface area contributed by atoms with Gasteiger partial charge in [0.2, 0.25) is 11.7 Å². The Hall–Kier alpha value is -3.24. The van der Waals surface area contributed by atoms with Crippen molar-refractivity contribution in [2.45, 2.75) is 44.7 Å². The van der Waals surface area contributed by atoms with E-state index in [1.807, 2.05) is 7.05 Å². The number of carbonyl (C=O) groups is 2. The number of anilines is 3. The average molecular weight is 520 g/mol. The number of nitrogen functional groups attached to an aromatic ring is 1. The molecule has 0 unspecified atom stereocenters. The molecule has 11 nitrogen and oxygen atoms in total. The number of aromatic nitrogens is 2. The lowest BCUT2D eigenvalue weighted by atomic mass is 10.0. The fourth-order valence-electron chi connectivity index (χ4n) is 2.77. The number of ether oxygens (including phenoxy) is 1. The van der Waals surface area contributed by atoms with Gasteiger partial charge in [-0.2, -0.15) is 36.3 Å². The summed E-state index contributed by atoms with van der Waals surface area (Å²) >= 11 is 0. The van der Waals surface area contributed by atoms with Crippen LogP contribution in [0.4, 0.5) is 43.9 Å². The molecule has 1 fully saturated rings. The predicted octanol–water partition coefficient (Wildman–Crippen LogP) is 1.95. The number of likely N-dealkylation sites (N-methyl/N-ethyl adjacent to an activating group) is 1. The summed E-state index contributed by atoms with van der Waals surface area (Å²) in [4.78, 5) is 28.7. The van der Waals surface area contributed by atoms with Crippen LogP contribution in [0.15, 0.2) is 0 Å². The molecule has 1 atom stereocenters. The predicted molar refractivity (Wildman–Crippen MR) is 111 cm³/mol. The van der Waals surface area contributed by atoms with Crippen molar-refractivity contribution in [1.82, 2.24) is 15.3 Å². The fourth-order valence-corrected chi connectivity index (χ4v) is 2.77. The average Bonchev–Trinajstić information content (AvgIpc) is 2.89. The molecule has 0 saturated carbocycles. The Balaban J connectivity index is 0.000000362. The smallest absolute Gasteiger partial charge is 0.486 e. The number of carboxylic acids is 2. The van der Waals surface area contributed by atoms with Gasteiger partial charge in [0.25, 0.3) is 0 Å². The van der Waals surface area contributed by atoms with Crippen LogP contribution in [0.2, 0.25) is 0 Å². The van der Waals surface area contributed by atoms with E-state index in [2.05, 4.69) is 39.3 Å². The van der Waals surface area contributed by atoms with Gasteiger partial charge < -0.3 is 36.2 Å². The van der Waals surface area contributed by atoms with Crippen LogP contribution >= 0.6 is 0 Å². The third-order valence-electron chi connectivity index (χ3n) is 4.74. The van der Waals surface area contributed by atoms with Crippen molar-refractivity contribution >= 4 is 29.5 Å². The Labute approximate surface area is 195 Å². The molecule has 6 N–H and O–H groups in total. The highest BCUT2D eigenvalue weighted by Gasteiger charge is 2.39. The van der Waals surface area contributed by atoms with Crippen LogP contribution < -0.4 is 26.0 Å². The van der Waals surface area contributed by atoms with Crippen LogP contribution in [0.5, 0.6) is 5.75 Å². The third kappa shape index (κ3) is 9.14. The summed E-state index contributed by atoms with van der Waals surface area (Å²) in [5.41, 5.74) is 5.88. The number of alkyl halides is 6. The first kappa shape index (κ1) is 29.8. The minimum atomic E-state index is -5.08. The summed E-state index contributed by atoms with van der Waals surface area (Å²) in [7, 11) is 1.97. The molecular formula is C18H26F6N6O5. The van der Waals surface area contributed by atoms with E-state index in [1.165, 1.54) is 0 Å². The molecule has 200 valence electrons. The lowest BCUT2D eigenvalue weighted by Crippen LogP contribution is -2.57. The van der Waals surface area contributed by atoms with Gasteiger partial charge in [0.15, 0.2) is 11.6 Å². The molecular weight excluding hydrogens is 494 g/mol. The quantitative estimate of drug-likeness (QED) is 0.370. The number of nitrogens with zero attached hydrogens (tertiary/aromatic N) is 3. The van der Waals surface area contributed by atoms with Crippen molar-refractivity contribution in [3.05, 3.63) is 0 Å². The summed E-state index contributed by atoms with van der Waals surface area (Å²) in [5, 5.41) is 21.0. The number of carboxylic acid groups (broad SMARTS) is 2. The van der Waals surface area contributed by atoms with Gasteiger partial charge in [0.1, 0.15) is 0 Å². The molecule has 3 heterocycles. The monoisotopic (exact) mass is 520 g/mol. The Kier molecular flexibility index (Phi) is 10.2. The summed E-state index contributed by atoms with van der Waals surface area (Å²) in [6, 6.07) is 0.842. The molecule has 3 rings (SSSR count). The number of fused-ring (bicyclic) bond motifs is 1.